The van der Waals surface area contributed by atoms with E-state index in [9.17, 15) is 4.79 Å². The van der Waals surface area contributed by atoms with E-state index in [4.69, 9.17) is 14.0 Å². The highest BCUT2D eigenvalue weighted by Gasteiger charge is 2.22. The van der Waals surface area contributed by atoms with Crippen molar-refractivity contribution in [3.63, 3.8) is 0 Å². The maximum absolute atomic E-state index is 12.9. The number of fused-ring (bicyclic) bond motifs is 1. The van der Waals surface area contributed by atoms with Gasteiger partial charge in [0.1, 0.15) is 28.4 Å². The van der Waals surface area contributed by atoms with Gasteiger partial charge in [0.2, 0.25) is 0 Å². The Morgan fingerprint density at radius 2 is 2.23 bits per heavy atom. The van der Waals surface area contributed by atoms with Crippen LogP contribution in [0.25, 0.3) is 0 Å². The molecule has 3 heterocycles. The first-order valence-electron chi connectivity index (χ1n) is 10.3. The zero-order valence-corrected chi connectivity index (χ0v) is 18.6. The van der Waals surface area contributed by atoms with Crippen LogP contribution in [0.2, 0.25) is 0 Å². The van der Waals surface area contributed by atoms with Gasteiger partial charge in [-0.15, -0.1) is 0 Å². The first-order chi connectivity index (χ1) is 15.0. The third-order valence-electron chi connectivity index (χ3n) is 4.87. The Morgan fingerprint density at radius 1 is 1.35 bits per heavy atom. The van der Waals surface area contributed by atoms with Gasteiger partial charge >= 0.3 is 0 Å². The molecule has 0 aliphatic carbocycles. The molecule has 0 bridgehead atoms. The molecule has 1 aromatic carbocycles. The normalized spacial score (nSPS) is 14.7. The van der Waals surface area contributed by atoms with Gasteiger partial charge in [-0.05, 0) is 45.0 Å². The number of hydrogen-bond donors (Lipinski definition) is 1. The fourth-order valence-corrected chi connectivity index (χ4v) is 4.36. The monoisotopic (exact) mass is 439 g/mol. The van der Waals surface area contributed by atoms with Crippen LogP contribution in [0.1, 0.15) is 46.8 Å². The standard InChI is InChI=1S/C23H25N3O4S/c1-4-28-20-10-16-8-14(2)29-21(16)11-17(20)12-25-22(27)19-6-5-7-24-23(19)31-13-18-9-15(3)30-26-18/h5-7,9-11,14H,4,8,12-13H2,1-3H3,(H,25,27)/t14-/m1/s1. The quantitative estimate of drug-likeness (QED) is 0.523. The van der Waals surface area contributed by atoms with E-state index in [1.807, 2.05) is 39.0 Å². The summed E-state index contributed by atoms with van der Waals surface area (Å²) >= 11 is 1.45. The van der Waals surface area contributed by atoms with Gasteiger partial charge in [-0.1, -0.05) is 16.9 Å². The number of nitrogens with one attached hydrogen (secondary N) is 1. The molecule has 1 atom stereocenters. The van der Waals surface area contributed by atoms with Gasteiger partial charge in [0.05, 0.1) is 17.9 Å². The predicted molar refractivity (Wildman–Crippen MR) is 118 cm³/mol. The molecule has 0 unspecified atom stereocenters. The van der Waals surface area contributed by atoms with Crippen molar-refractivity contribution < 1.29 is 18.8 Å². The average molecular weight is 440 g/mol. The number of aromatic nitrogens is 2. The molecule has 0 radical (unpaired) electrons. The van der Waals surface area contributed by atoms with Crippen LogP contribution in [0.5, 0.6) is 11.5 Å². The number of ether oxygens (including phenoxy) is 2. The van der Waals surface area contributed by atoms with E-state index >= 15 is 0 Å². The largest absolute Gasteiger partial charge is 0.494 e. The number of pyridine rings is 1. The van der Waals surface area contributed by atoms with E-state index in [0.717, 1.165) is 40.5 Å². The van der Waals surface area contributed by atoms with E-state index in [1.165, 1.54) is 11.8 Å². The number of amides is 1. The number of hydrogen-bond acceptors (Lipinski definition) is 7. The minimum Gasteiger partial charge on any atom is -0.494 e. The maximum Gasteiger partial charge on any atom is 0.254 e. The molecule has 0 saturated carbocycles. The minimum absolute atomic E-state index is 0.151. The molecular formula is C23H25N3O4S. The van der Waals surface area contributed by atoms with Crippen LogP contribution in [0.4, 0.5) is 0 Å². The Labute approximate surface area is 185 Å². The van der Waals surface area contributed by atoms with E-state index < -0.39 is 0 Å². The highest BCUT2D eigenvalue weighted by Crippen LogP contribution is 2.35. The Bertz CT molecular complexity index is 1080. The van der Waals surface area contributed by atoms with Crippen molar-refractivity contribution in [2.75, 3.05) is 6.61 Å². The zero-order chi connectivity index (χ0) is 21.8. The lowest BCUT2D eigenvalue weighted by Gasteiger charge is -2.14. The highest BCUT2D eigenvalue weighted by atomic mass is 32.2. The van der Waals surface area contributed by atoms with Gasteiger partial charge in [0.25, 0.3) is 5.91 Å². The Balaban J connectivity index is 1.46. The molecule has 1 aliphatic rings. The van der Waals surface area contributed by atoms with Crippen LogP contribution >= 0.6 is 11.8 Å². The fraction of sp³-hybridized carbons (Fsp3) is 0.348. The van der Waals surface area contributed by atoms with Gasteiger partial charge in [-0.3, -0.25) is 4.79 Å². The average Bonchev–Trinajstić information content (AvgIpc) is 3.34. The molecule has 0 fully saturated rings. The van der Waals surface area contributed by atoms with Gasteiger partial charge < -0.3 is 19.3 Å². The van der Waals surface area contributed by atoms with Crippen molar-refractivity contribution in [1.82, 2.24) is 15.5 Å². The summed E-state index contributed by atoms with van der Waals surface area (Å²) in [4.78, 5) is 17.3. The molecule has 162 valence electrons. The molecule has 1 aliphatic heterocycles. The highest BCUT2D eigenvalue weighted by molar-refractivity contribution is 7.98. The van der Waals surface area contributed by atoms with Gasteiger partial charge in [0.15, 0.2) is 0 Å². The summed E-state index contributed by atoms with van der Waals surface area (Å²) < 4.78 is 16.8. The summed E-state index contributed by atoms with van der Waals surface area (Å²) in [5.41, 5.74) is 3.37. The lowest BCUT2D eigenvalue weighted by molar-refractivity contribution is 0.0947. The van der Waals surface area contributed by atoms with Crippen LogP contribution in [0.15, 0.2) is 46.1 Å². The fourth-order valence-electron chi connectivity index (χ4n) is 3.49. The van der Waals surface area contributed by atoms with Crippen LogP contribution < -0.4 is 14.8 Å². The molecule has 4 rings (SSSR count). The molecule has 1 amide bonds. The van der Waals surface area contributed by atoms with Crippen molar-refractivity contribution in [1.29, 1.82) is 0 Å². The van der Waals surface area contributed by atoms with E-state index in [2.05, 4.69) is 15.5 Å². The third kappa shape index (κ3) is 5.02. The topological polar surface area (TPSA) is 86.5 Å². The summed E-state index contributed by atoms with van der Waals surface area (Å²) in [5.74, 6) is 2.78. The second kappa shape index (κ2) is 9.43. The zero-order valence-electron chi connectivity index (χ0n) is 17.8. The summed E-state index contributed by atoms with van der Waals surface area (Å²) in [6, 6.07) is 9.40. The molecule has 0 saturated heterocycles. The molecule has 3 aromatic rings. The number of benzene rings is 1. The first kappa shape index (κ1) is 21.2. The number of thioether (sulfide) groups is 1. The van der Waals surface area contributed by atoms with Crippen molar-refractivity contribution in [3.8, 4) is 11.5 Å². The van der Waals surface area contributed by atoms with E-state index in [0.29, 0.717) is 29.5 Å². The van der Waals surface area contributed by atoms with Crippen molar-refractivity contribution in [2.24, 2.45) is 0 Å². The number of carbonyl (C=O) groups excluding carboxylic acids is 1. The van der Waals surface area contributed by atoms with Crippen LogP contribution in [0.3, 0.4) is 0 Å². The summed E-state index contributed by atoms with van der Waals surface area (Å²) in [7, 11) is 0. The second-order valence-electron chi connectivity index (χ2n) is 7.39. The summed E-state index contributed by atoms with van der Waals surface area (Å²) in [5, 5.41) is 7.64. The lowest BCUT2D eigenvalue weighted by atomic mass is 10.1. The maximum atomic E-state index is 12.9. The van der Waals surface area contributed by atoms with E-state index in [1.54, 1.807) is 18.3 Å². The smallest absolute Gasteiger partial charge is 0.254 e. The molecular weight excluding hydrogens is 414 g/mol. The molecule has 2 aromatic heterocycles. The SMILES string of the molecule is CCOc1cc2c(cc1CNC(=O)c1cccnc1SCc1cc(C)on1)O[C@H](C)C2. The third-order valence-corrected chi connectivity index (χ3v) is 5.91. The van der Waals surface area contributed by atoms with E-state index in [-0.39, 0.29) is 12.0 Å². The summed E-state index contributed by atoms with van der Waals surface area (Å²) in [6.45, 7) is 6.73. The summed E-state index contributed by atoms with van der Waals surface area (Å²) in [6.07, 6.45) is 2.70. The molecule has 31 heavy (non-hydrogen) atoms. The number of carbonyl (C=O) groups is 1. The lowest BCUT2D eigenvalue weighted by Crippen LogP contribution is -2.24. The van der Waals surface area contributed by atoms with Crippen molar-refractivity contribution in [2.45, 2.75) is 50.6 Å². The van der Waals surface area contributed by atoms with Gasteiger partial charge in [0, 0.05) is 42.1 Å². The van der Waals surface area contributed by atoms with Gasteiger partial charge in [-0.25, -0.2) is 4.98 Å². The van der Waals surface area contributed by atoms with Crippen molar-refractivity contribution in [3.05, 3.63) is 64.7 Å². The van der Waals surface area contributed by atoms with Gasteiger partial charge in [-0.2, -0.15) is 0 Å². The van der Waals surface area contributed by atoms with Crippen LogP contribution in [0, 0.1) is 6.92 Å². The number of nitrogens with zero attached hydrogens (tertiary/aromatic N) is 2. The Kier molecular flexibility index (Phi) is 6.46. The van der Waals surface area contributed by atoms with Crippen molar-refractivity contribution >= 4 is 17.7 Å². The molecule has 0 spiro atoms. The van der Waals surface area contributed by atoms with Crippen LogP contribution in [-0.4, -0.2) is 28.8 Å². The molecule has 8 heteroatoms. The second-order valence-corrected chi connectivity index (χ2v) is 8.35. The predicted octanol–water partition coefficient (Wildman–Crippen LogP) is 4.32. The molecule has 1 N–H and O–H groups in total. The number of aryl methyl sites for hydroxylation is 1. The number of rotatable bonds is 8. The molecule has 7 nitrogen and oxygen atoms in total. The van der Waals surface area contributed by atoms with Crippen LogP contribution in [-0.2, 0) is 18.7 Å². The minimum atomic E-state index is -0.191. The Hall–Kier alpha value is -3.00. The first-order valence-corrected chi connectivity index (χ1v) is 11.3. The Morgan fingerprint density at radius 3 is 3.00 bits per heavy atom.